The van der Waals surface area contributed by atoms with Crippen LogP contribution in [0, 0.1) is 6.92 Å². The van der Waals surface area contributed by atoms with Crippen LogP contribution >= 0.6 is 11.3 Å². The van der Waals surface area contributed by atoms with E-state index in [1.54, 1.807) is 15.9 Å². The fraction of sp³-hybridized carbons (Fsp3) is 0.556. The first-order valence-electron chi connectivity index (χ1n) is 9.13. The third-order valence-electron chi connectivity index (χ3n) is 5.19. The molecule has 8 heteroatoms. The van der Waals surface area contributed by atoms with E-state index in [-0.39, 0.29) is 24.4 Å². The van der Waals surface area contributed by atoms with Crippen molar-refractivity contribution in [3.8, 4) is 0 Å². The molecule has 0 aliphatic heterocycles. The zero-order chi connectivity index (χ0) is 18.4. The maximum Gasteiger partial charge on any atom is 0.291 e. The van der Waals surface area contributed by atoms with Crippen molar-refractivity contribution >= 4 is 33.1 Å². The highest BCUT2D eigenvalue weighted by Gasteiger charge is 2.27. The van der Waals surface area contributed by atoms with E-state index in [4.69, 9.17) is 4.98 Å². The Morgan fingerprint density at radius 2 is 2.27 bits per heavy atom. The van der Waals surface area contributed by atoms with E-state index in [0.29, 0.717) is 18.0 Å². The van der Waals surface area contributed by atoms with Gasteiger partial charge in [0.1, 0.15) is 10.7 Å². The van der Waals surface area contributed by atoms with E-state index >= 15 is 0 Å². The minimum absolute atomic E-state index is 0.101. The van der Waals surface area contributed by atoms with Crippen molar-refractivity contribution in [2.24, 2.45) is 0 Å². The van der Waals surface area contributed by atoms with Gasteiger partial charge in [0.05, 0.1) is 18.0 Å². The Hall–Kier alpha value is -2.06. The van der Waals surface area contributed by atoms with E-state index < -0.39 is 0 Å². The van der Waals surface area contributed by atoms with Crippen LogP contribution in [0.3, 0.4) is 0 Å². The molecule has 3 aromatic heterocycles. The van der Waals surface area contributed by atoms with Gasteiger partial charge in [-0.2, -0.15) is 4.52 Å². The zero-order valence-electron chi connectivity index (χ0n) is 15.2. The van der Waals surface area contributed by atoms with Gasteiger partial charge in [-0.25, -0.2) is 9.97 Å². The highest BCUT2D eigenvalue weighted by Crippen LogP contribution is 2.42. The van der Waals surface area contributed by atoms with Gasteiger partial charge in [0, 0.05) is 4.88 Å². The summed E-state index contributed by atoms with van der Waals surface area (Å²) in [5.74, 6) is 0.949. The predicted molar refractivity (Wildman–Crippen MR) is 101 cm³/mol. The maximum atomic E-state index is 12.5. The molecule has 7 nitrogen and oxygen atoms in total. The van der Waals surface area contributed by atoms with Gasteiger partial charge >= 0.3 is 0 Å². The molecule has 0 aromatic carbocycles. The lowest BCUT2D eigenvalue weighted by Gasteiger charge is -2.18. The summed E-state index contributed by atoms with van der Waals surface area (Å²) in [5, 5.41) is 17.5. The molecule has 3 aromatic rings. The molecule has 1 aliphatic rings. The summed E-state index contributed by atoms with van der Waals surface area (Å²) in [6.45, 7) is 5.94. The van der Waals surface area contributed by atoms with Crippen LogP contribution in [0.25, 0.3) is 15.9 Å². The van der Waals surface area contributed by atoms with E-state index in [0.717, 1.165) is 28.9 Å². The van der Waals surface area contributed by atoms with Crippen LogP contribution in [0.15, 0.2) is 0 Å². The number of rotatable bonds is 4. The van der Waals surface area contributed by atoms with Crippen LogP contribution in [-0.2, 0) is 6.42 Å². The van der Waals surface area contributed by atoms with Crippen molar-refractivity contribution in [3.63, 3.8) is 0 Å². The van der Waals surface area contributed by atoms with Crippen molar-refractivity contribution in [3.05, 3.63) is 22.1 Å². The number of aliphatic hydroxyl groups excluding tert-OH is 1. The number of carbonyl (C=O) groups excluding carboxylic acids is 1. The van der Waals surface area contributed by atoms with Crippen LogP contribution in [0.5, 0.6) is 0 Å². The second kappa shape index (κ2) is 6.59. The van der Waals surface area contributed by atoms with Gasteiger partial charge in [-0.05, 0) is 44.1 Å². The molecule has 1 aliphatic carbocycles. The number of aryl methyl sites for hydroxylation is 2. The summed E-state index contributed by atoms with van der Waals surface area (Å²) in [5.41, 5.74) is 2.04. The van der Waals surface area contributed by atoms with Gasteiger partial charge in [-0.3, -0.25) is 4.79 Å². The quantitative estimate of drug-likeness (QED) is 0.733. The van der Waals surface area contributed by atoms with Crippen LogP contribution < -0.4 is 5.32 Å². The van der Waals surface area contributed by atoms with Crippen molar-refractivity contribution in [2.75, 3.05) is 6.61 Å². The Morgan fingerprint density at radius 3 is 3.00 bits per heavy atom. The molecule has 0 radical (unpaired) electrons. The maximum absolute atomic E-state index is 12.5. The van der Waals surface area contributed by atoms with Crippen molar-refractivity contribution in [1.82, 2.24) is 24.9 Å². The van der Waals surface area contributed by atoms with Crippen LogP contribution in [0.4, 0.5) is 0 Å². The molecule has 2 atom stereocenters. The Kier molecular flexibility index (Phi) is 4.40. The number of aliphatic hydroxyl groups is 1. The third-order valence-corrected chi connectivity index (χ3v) is 6.35. The molecule has 26 heavy (non-hydrogen) atoms. The number of amides is 1. The highest BCUT2D eigenvalue weighted by atomic mass is 32.1. The smallest absolute Gasteiger partial charge is 0.291 e. The lowest BCUT2D eigenvalue weighted by atomic mass is 9.87. The van der Waals surface area contributed by atoms with E-state index in [9.17, 15) is 9.90 Å². The molecule has 4 rings (SSSR count). The predicted octanol–water partition coefficient (Wildman–Crippen LogP) is 2.59. The van der Waals surface area contributed by atoms with Crippen molar-refractivity contribution in [1.29, 1.82) is 0 Å². The SMILES string of the molecule is CC[C@@H](CO)NC(=O)c1nc2c3c4c(sc3nc(C)n2n1)CCC[C@H]4C. The van der Waals surface area contributed by atoms with Crippen LogP contribution in [-0.4, -0.2) is 43.2 Å². The number of hydrogen-bond donors (Lipinski definition) is 2. The fourth-order valence-corrected chi connectivity index (χ4v) is 5.08. The molecule has 0 spiro atoms. The second-order valence-corrected chi connectivity index (χ2v) is 8.09. The second-order valence-electron chi connectivity index (χ2n) is 7.00. The van der Waals surface area contributed by atoms with Crippen molar-refractivity contribution < 1.29 is 9.90 Å². The third kappa shape index (κ3) is 2.68. The van der Waals surface area contributed by atoms with Gasteiger partial charge < -0.3 is 10.4 Å². The van der Waals surface area contributed by atoms with Gasteiger partial charge in [0.2, 0.25) is 5.82 Å². The lowest BCUT2D eigenvalue weighted by molar-refractivity contribution is 0.0904. The Morgan fingerprint density at radius 1 is 1.46 bits per heavy atom. The first-order valence-corrected chi connectivity index (χ1v) is 9.95. The standard InChI is InChI=1S/C18H23N5O2S/c1-4-11(8-24)20-17(25)15-21-16-14-13-9(2)6-5-7-12(13)26-18(14)19-10(3)23(16)22-15/h9,11,24H,4-8H2,1-3H3,(H,20,25)/t9-,11+/m1/s1. The molecule has 0 saturated heterocycles. The molecular formula is C18H23N5O2S. The Balaban J connectivity index is 1.87. The molecule has 0 fully saturated rings. The fourth-order valence-electron chi connectivity index (χ4n) is 3.71. The van der Waals surface area contributed by atoms with E-state index in [2.05, 4.69) is 22.3 Å². The van der Waals surface area contributed by atoms with Gasteiger partial charge in [-0.1, -0.05) is 13.8 Å². The minimum Gasteiger partial charge on any atom is -0.394 e. The highest BCUT2D eigenvalue weighted by molar-refractivity contribution is 7.19. The first-order chi connectivity index (χ1) is 12.5. The number of nitrogens with one attached hydrogen (secondary N) is 1. The Bertz CT molecular complexity index is 989. The van der Waals surface area contributed by atoms with Gasteiger partial charge in [0.15, 0.2) is 5.65 Å². The van der Waals surface area contributed by atoms with Crippen LogP contribution in [0.1, 0.15) is 65.9 Å². The Labute approximate surface area is 155 Å². The summed E-state index contributed by atoms with van der Waals surface area (Å²) in [7, 11) is 0. The lowest BCUT2D eigenvalue weighted by Crippen LogP contribution is -2.37. The number of carbonyl (C=O) groups is 1. The monoisotopic (exact) mass is 373 g/mol. The normalized spacial score (nSPS) is 18.2. The number of aromatic nitrogens is 4. The average Bonchev–Trinajstić information content (AvgIpc) is 3.21. The van der Waals surface area contributed by atoms with E-state index in [1.807, 2.05) is 13.8 Å². The summed E-state index contributed by atoms with van der Waals surface area (Å²) in [6.07, 6.45) is 4.10. The topological polar surface area (TPSA) is 92.4 Å². The molecule has 138 valence electrons. The summed E-state index contributed by atoms with van der Waals surface area (Å²) in [4.78, 5) is 24.2. The number of nitrogens with zero attached hydrogens (tertiary/aromatic N) is 4. The summed E-state index contributed by atoms with van der Waals surface area (Å²) in [6, 6.07) is -0.290. The molecule has 3 heterocycles. The average molecular weight is 373 g/mol. The summed E-state index contributed by atoms with van der Waals surface area (Å²) >= 11 is 1.74. The van der Waals surface area contributed by atoms with Crippen molar-refractivity contribution in [2.45, 2.75) is 58.4 Å². The molecule has 0 bridgehead atoms. The van der Waals surface area contributed by atoms with Gasteiger partial charge in [-0.15, -0.1) is 16.4 Å². The minimum atomic E-state index is -0.362. The number of fused-ring (bicyclic) bond motifs is 5. The van der Waals surface area contributed by atoms with Gasteiger partial charge in [0.25, 0.3) is 5.91 Å². The largest absolute Gasteiger partial charge is 0.394 e. The first kappa shape index (κ1) is 17.4. The molecule has 0 saturated carbocycles. The number of hydrogen-bond acceptors (Lipinski definition) is 6. The zero-order valence-corrected chi connectivity index (χ0v) is 16.1. The molecule has 2 N–H and O–H groups in total. The number of thiophene rings is 1. The molecule has 0 unspecified atom stereocenters. The van der Waals surface area contributed by atoms with E-state index in [1.165, 1.54) is 16.9 Å². The molecule has 1 amide bonds. The molecular weight excluding hydrogens is 350 g/mol. The summed E-state index contributed by atoms with van der Waals surface area (Å²) < 4.78 is 1.67. The van der Waals surface area contributed by atoms with Crippen LogP contribution in [0.2, 0.25) is 0 Å².